The molecule has 0 unspecified atom stereocenters. The molecule has 0 aliphatic rings. The van der Waals surface area contributed by atoms with Crippen molar-refractivity contribution in [1.82, 2.24) is 9.80 Å². The molecule has 0 radical (unpaired) electrons. The molecule has 3 nitrogen and oxygen atoms in total. The molecule has 0 atom stereocenters. The van der Waals surface area contributed by atoms with Crippen molar-refractivity contribution in [2.75, 3.05) is 34.7 Å². The van der Waals surface area contributed by atoms with E-state index in [1.807, 2.05) is 40.3 Å². The number of hydrogen-bond acceptors (Lipinski definition) is 3. The zero-order chi connectivity index (χ0) is 10.6. The standard InChI is InChI=1S/C11H18N2O/c1-12(2)8-7-10(13(3)4)11-6-5-9-14-11/h5-7,9H,8H2,1-4H3/b10-7-. The molecule has 0 N–H and O–H groups in total. The van der Waals surface area contributed by atoms with Crippen LogP contribution in [-0.4, -0.2) is 44.5 Å². The normalized spacial score (nSPS) is 12.2. The van der Waals surface area contributed by atoms with E-state index in [-0.39, 0.29) is 0 Å². The van der Waals surface area contributed by atoms with E-state index in [0.29, 0.717) is 0 Å². The Morgan fingerprint density at radius 2 is 2.07 bits per heavy atom. The molecule has 1 heterocycles. The fourth-order valence-electron chi connectivity index (χ4n) is 1.20. The maximum absolute atomic E-state index is 5.36. The predicted molar refractivity (Wildman–Crippen MR) is 58.9 cm³/mol. The highest BCUT2D eigenvalue weighted by Crippen LogP contribution is 2.16. The van der Waals surface area contributed by atoms with Gasteiger partial charge in [-0.15, -0.1) is 0 Å². The van der Waals surface area contributed by atoms with E-state index in [9.17, 15) is 0 Å². The maximum Gasteiger partial charge on any atom is 0.149 e. The fraction of sp³-hybridized carbons (Fsp3) is 0.455. The van der Waals surface area contributed by atoms with Crippen LogP contribution in [0, 0.1) is 0 Å². The first-order valence-corrected chi connectivity index (χ1v) is 4.67. The summed E-state index contributed by atoms with van der Waals surface area (Å²) in [6, 6.07) is 3.88. The van der Waals surface area contributed by atoms with Gasteiger partial charge < -0.3 is 14.2 Å². The second-order valence-corrected chi connectivity index (χ2v) is 3.72. The molecule has 0 aromatic carbocycles. The molecule has 0 amide bonds. The van der Waals surface area contributed by atoms with Gasteiger partial charge in [0, 0.05) is 20.6 Å². The molecule has 14 heavy (non-hydrogen) atoms. The van der Waals surface area contributed by atoms with Crippen molar-refractivity contribution in [2.24, 2.45) is 0 Å². The smallest absolute Gasteiger partial charge is 0.149 e. The number of hydrogen-bond donors (Lipinski definition) is 0. The lowest BCUT2D eigenvalue weighted by molar-refractivity contribution is 0.450. The molecule has 0 saturated carbocycles. The Morgan fingerprint density at radius 3 is 2.50 bits per heavy atom. The maximum atomic E-state index is 5.36. The van der Waals surface area contributed by atoms with Gasteiger partial charge in [-0.1, -0.05) is 0 Å². The van der Waals surface area contributed by atoms with Crippen molar-refractivity contribution in [3.63, 3.8) is 0 Å². The Kier molecular flexibility index (Phi) is 3.77. The van der Waals surface area contributed by atoms with Gasteiger partial charge in [0.2, 0.25) is 0 Å². The van der Waals surface area contributed by atoms with Gasteiger partial charge in [0.1, 0.15) is 5.76 Å². The van der Waals surface area contributed by atoms with Crippen molar-refractivity contribution >= 4 is 5.70 Å². The highest BCUT2D eigenvalue weighted by atomic mass is 16.3. The largest absolute Gasteiger partial charge is 0.463 e. The van der Waals surface area contributed by atoms with Crippen LogP contribution >= 0.6 is 0 Å². The minimum atomic E-state index is 0.911. The van der Waals surface area contributed by atoms with Crippen molar-refractivity contribution in [3.05, 3.63) is 30.2 Å². The summed E-state index contributed by atoms with van der Waals surface area (Å²) < 4.78 is 5.36. The predicted octanol–water partition coefficient (Wildman–Crippen LogP) is 1.74. The summed E-state index contributed by atoms with van der Waals surface area (Å²) >= 11 is 0. The van der Waals surface area contributed by atoms with Gasteiger partial charge in [-0.2, -0.15) is 0 Å². The van der Waals surface area contributed by atoms with Crippen LogP contribution in [0.5, 0.6) is 0 Å². The van der Waals surface area contributed by atoms with E-state index in [1.165, 1.54) is 0 Å². The van der Waals surface area contributed by atoms with Gasteiger partial charge in [0.15, 0.2) is 0 Å². The summed E-state index contributed by atoms with van der Waals surface area (Å²) in [5.41, 5.74) is 1.11. The summed E-state index contributed by atoms with van der Waals surface area (Å²) in [6.45, 7) is 0.911. The third-order valence-corrected chi connectivity index (χ3v) is 1.91. The first-order valence-electron chi connectivity index (χ1n) is 4.67. The van der Waals surface area contributed by atoms with Crippen LogP contribution in [0.25, 0.3) is 5.70 Å². The molecule has 0 fully saturated rings. The van der Waals surface area contributed by atoms with E-state index in [1.54, 1.807) is 6.26 Å². The molecule has 1 aromatic heterocycles. The molecule has 1 rings (SSSR count). The summed E-state index contributed by atoms with van der Waals surface area (Å²) in [6.07, 6.45) is 3.85. The number of likely N-dealkylation sites (N-methyl/N-ethyl adjacent to an activating group) is 1. The fourth-order valence-corrected chi connectivity index (χ4v) is 1.20. The topological polar surface area (TPSA) is 19.6 Å². The molecule has 3 heteroatoms. The van der Waals surface area contributed by atoms with E-state index >= 15 is 0 Å². The summed E-state index contributed by atoms with van der Waals surface area (Å²) in [4.78, 5) is 4.18. The van der Waals surface area contributed by atoms with E-state index in [0.717, 1.165) is 18.0 Å². The zero-order valence-electron chi connectivity index (χ0n) is 9.32. The van der Waals surface area contributed by atoms with E-state index < -0.39 is 0 Å². The quantitative estimate of drug-likeness (QED) is 0.728. The van der Waals surface area contributed by atoms with Gasteiger partial charge in [-0.3, -0.25) is 0 Å². The molecule has 0 bridgehead atoms. The van der Waals surface area contributed by atoms with Gasteiger partial charge in [0.05, 0.1) is 12.0 Å². The van der Waals surface area contributed by atoms with Gasteiger partial charge >= 0.3 is 0 Å². The lowest BCUT2D eigenvalue weighted by Crippen LogP contribution is -2.15. The van der Waals surface area contributed by atoms with E-state index in [2.05, 4.69) is 15.9 Å². The third-order valence-electron chi connectivity index (χ3n) is 1.91. The SMILES string of the molecule is CN(C)C/C=C(/c1ccco1)N(C)C. The molecule has 0 aliphatic heterocycles. The highest BCUT2D eigenvalue weighted by Gasteiger charge is 2.05. The number of nitrogens with zero attached hydrogens (tertiary/aromatic N) is 2. The van der Waals surface area contributed by atoms with E-state index in [4.69, 9.17) is 4.42 Å². The van der Waals surface area contributed by atoms with Gasteiger partial charge in [-0.05, 0) is 32.3 Å². The molecule has 0 saturated heterocycles. The Labute approximate surface area is 85.6 Å². The van der Waals surface area contributed by atoms with Crippen molar-refractivity contribution < 1.29 is 4.42 Å². The lowest BCUT2D eigenvalue weighted by Gasteiger charge is -2.16. The van der Waals surface area contributed by atoms with Crippen LogP contribution in [0.2, 0.25) is 0 Å². The van der Waals surface area contributed by atoms with Crippen molar-refractivity contribution in [1.29, 1.82) is 0 Å². The first kappa shape index (κ1) is 10.9. The first-order chi connectivity index (χ1) is 6.61. The van der Waals surface area contributed by atoms with Crippen LogP contribution in [0.1, 0.15) is 5.76 Å². The van der Waals surface area contributed by atoms with Crippen molar-refractivity contribution in [3.8, 4) is 0 Å². The van der Waals surface area contributed by atoms with Crippen LogP contribution in [0.4, 0.5) is 0 Å². The van der Waals surface area contributed by atoms with Gasteiger partial charge in [0.25, 0.3) is 0 Å². The monoisotopic (exact) mass is 194 g/mol. The Bertz CT molecular complexity index is 286. The van der Waals surface area contributed by atoms with Crippen LogP contribution in [0.15, 0.2) is 28.9 Å². The van der Waals surface area contributed by atoms with Crippen LogP contribution in [0.3, 0.4) is 0 Å². The third kappa shape index (κ3) is 2.92. The van der Waals surface area contributed by atoms with Crippen molar-refractivity contribution in [2.45, 2.75) is 0 Å². The second-order valence-electron chi connectivity index (χ2n) is 3.72. The highest BCUT2D eigenvalue weighted by molar-refractivity contribution is 5.59. The lowest BCUT2D eigenvalue weighted by atomic mass is 10.3. The second kappa shape index (κ2) is 4.86. The summed E-state index contributed by atoms with van der Waals surface area (Å²) in [5.74, 6) is 0.914. The molecule has 0 aliphatic carbocycles. The van der Waals surface area contributed by atoms with Crippen LogP contribution < -0.4 is 0 Å². The number of furan rings is 1. The molecule has 0 spiro atoms. The molecular formula is C11H18N2O. The average molecular weight is 194 g/mol. The Hall–Kier alpha value is -1.22. The number of rotatable bonds is 4. The zero-order valence-corrected chi connectivity index (χ0v) is 9.32. The average Bonchev–Trinajstić information content (AvgIpc) is 2.56. The minimum Gasteiger partial charge on any atom is -0.463 e. The summed E-state index contributed by atoms with van der Waals surface area (Å²) in [5, 5.41) is 0. The van der Waals surface area contributed by atoms with Crippen LogP contribution in [-0.2, 0) is 0 Å². The minimum absolute atomic E-state index is 0.911. The molecule has 78 valence electrons. The Morgan fingerprint density at radius 1 is 1.36 bits per heavy atom. The molecular weight excluding hydrogens is 176 g/mol. The molecule has 1 aromatic rings. The summed E-state index contributed by atoms with van der Waals surface area (Å²) in [7, 11) is 8.13. The Balaban J connectivity index is 2.80. The van der Waals surface area contributed by atoms with Gasteiger partial charge in [-0.25, -0.2) is 0 Å².